The van der Waals surface area contributed by atoms with E-state index < -0.39 is 0 Å². The SMILES string of the molecule is O=C(Nc1cccc(OCc2cn3ccccc3n2)c1)c1cc(Cl)c2c(c1)OCCCO2. The third-order valence-electron chi connectivity index (χ3n) is 4.96. The number of hydrogen-bond acceptors (Lipinski definition) is 5. The van der Waals surface area contributed by atoms with Gasteiger partial charge in [0.2, 0.25) is 0 Å². The van der Waals surface area contributed by atoms with Crippen LogP contribution >= 0.6 is 11.6 Å². The molecule has 2 aromatic carbocycles. The van der Waals surface area contributed by atoms with E-state index >= 15 is 0 Å². The Labute approximate surface area is 189 Å². The van der Waals surface area contributed by atoms with Crippen LogP contribution in [-0.2, 0) is 6.61 Å². The van der Waals surface area contributed by atoms with E-state index in [2.05, 4.69) is 10.3 Å². The number of benzene rings is 2. The lowest BCUT2D eigenvalue weighted by atomic mass is 10.1. The lowest BCUT2D eigenvalue weighted by Crippen LogP contribution is -2.12. The van der Waals surface area contributed by atoms with Gasteiger partial charge in [-0.3, -0.25) is 4.79 Å². The molecule has 5 rings (SSSR count). The van der Waals surface area contributed by atoms with Crippen LogP contribution < -0.4 is 19.5 Å². The van der Waals surface area contributed by atoms with Crippen LogP contribution in [0, 0.1) is 0 Å². The molecule has 162 valence electrons. The second-order valence-electron chi connectivity index (χ2n) is 7.30. The molecule has 8 heteroatoms. The van der Waals surface area contributed by atoms with Crippen molar-refractivity contribution in [1.82, 2.24) is 9.38 Å². The molecule has 4 aromatic rings. The Morgan fingerprint density at radius 2 is 2.03 bits per heavy atom. The van der Waals surface area contributed by atoms with E-state index in [1.54, 1.807) is 24.3 Å². The van der Waals surface area contributed by atoms with Crippen LogP contribution in [0.4, 0.5) is 5.69 Å². The van der Waals surface area contributed by atoms with Crippen molar-refractivity contribution >= 4 is 28.8 Å². The molecule has 2 aromatic heterocycles. The Hall–Kier alpha value is -3.71. The second-order valence-corrected chi connectivity index (χ2v) is 7.71. The Morgan fingerprint density at radius 3 is 2.94 bits per heavy atom. The van der Waals surface area contributed by atoms with Crippen LogP contribution in [0.25, 0.3) is 5.65 Å². The number of carbonyl (C=O) groups is 1. The number of ether oxygens (including phenoxy) is 3. The molecule has 0 bridgehead atoms. The van der Waals surface area contributed by atoms with Gasteiger partial charge in [0, 0.05) is 36.1 Å². The van der Waals surface area contributed by atoms with E-state index in [1.807, 2.05) is 47.1 Å². The number of hydrogen-bond donors (Lipinski definition) is 1. The number of rotatable bonds is 5. The summed E-state index contributed by atoms with van der Waals surface area (Å²) < 4.78 is 19.1. The molecule has 0 radical (unpaired) electrons. The van der Waals surface area contributed by atoms with Crippen LogP contribution in [0.15, 0.2) is 67.0 Å². The van der Waals surface area contributed by atoms with E-state index in [0.29, 0.717) is 53.3 Å². The first-order chi connectivity index (χ1) is 15.7. The normalized spacial score (nSPS) is 12.9. The molecule has 0 spiro atoms. The van der Waals surface area contributed by atoms with Gasteiger partial charge in [0.15, 0.2) is 11.5 Å². The summed E-state index contributed by atoms with van der Waals surface area (Å²) in [5.41, 5.74) is 2.66. The highest BCUT2D eigenvalue weighted by atomic mass is 35.5. The van der Waals surface area contributed by atoms with E-state index in [4.69, 9.17) is 25.8 Å². The van der Waals surface area contributed by atoms with Gasteiger partial charge in [-0.05, 0) is 36.4 Å². The number of pyridine rings is 1. The van der Waals surface area contributed by atoms with Gasteiger partial charge in [-0.1, -0.05) is 23.7 Å². The first-order valence-electron chi connectivity index (χ1n) is 10.2. The van der Waals surface area contributed by atoms with Gasteiger partial charge >= 0.3 is 0 Å². The molecule has 0 unspecified atom stereocenters. The Morgan fingerprint density at radius 1 is 1.12 bits per heavy atom. The van der Waals surface area contributed by atoms with Gasteiger partial charge in [0.1, 0.15) is 18.0 Å². The van der Waals surface area contributed by atoms with Crippen LogP contribution in [0.1, 0.15) is 22.5 Å². The largest absolute Gasteiger partial charge is 0.489 e. The minimum Gasteiger partial charge on any atom is -0.489 e. The zero-order valence-corrected chi connectivity index (χ0v) is 17.8. The van der Waals surface area contributed by atoms with Crippen LogP contribution in [0.5, 0.6) is 17.2 Å². The molecule has 0 saturated carbocycles. The number of amides is 1. The van der Waals surface area contributed by atoms with Crippen molar-refractivity contribution in [2.24, 2.45) is 0 Å². The molecule has 7 nitrogen and oxygen atoms in total. The zero-order valence-electron chi connectivity index (χ0n) is 17.1. The average Bonchev–Trinajstić information content (AvgIpc) is 3.06. The predicted octanol–water partition coefficient (Wildman–Crippen LogP) is 4.98. The maximum Gasteiger partial charge on any atom is 0.255 e. The predicted molar refractivity (Wildman–Crippen MR) is 121 cm³/mol. The van der Waals surface area contributed by atoms with Crippen LogP contribution in [0.3, 0.4) is 0 Å². The van der Waals surface area contributed by atoms with Crippen LogP contribution in [-0.4, -0.2) is 28.5 Å². The minimum absolute atomic E-state index is 0.306. The summed E-state index contributed by atoms with van der Waals surface area (Å²) in [4.78, 5) is 17.3. The number of halogens is 1. The summed E-state index contributed by atoms with van der Waals surface area (Å²) >= 11 is 6.31. The molecule has 0 fully saturated rings. The number of fused-ring (bicyclic) bond motifs is 2. The molecule has 1 N–H and O–H groups in total. The molecule has 1 aliphatic rings. The van der Waals surface area contributed by atoms with Gasteiger partial charge in [-0.25, -0.2) is 4.98 Å². The quantitative estimate of drug-likeness (QED) is 0.465. The standard InChI is InChI=1S/C24H20ClN3O4/c25-20-11-16(12-21-23(20)31-10-4-9-30-21)24(29)27-17-5-3-6-19(13-17)32-15-18-14-28-8-2-1-7-22(28)26-18/h1-3,5-8,11-14H,4,9-10,15H2,(H,27,29). The highest BCUT2D eigenvalue weighted by Crippen LogP contribution is 2.38. The van der Waals surface area contributed by atoms with E-state index in [9.17, 15) is 4.79 Å². The van der Waals surface area contributed by atoms with Gasteiger partial charge in [0.25, 0.3) is 5.91 Å². The maximum atomic E-state index is 12.8. The molecule has 1 amide bonds. The molecule has 32 heavy (non-hydrogen) atoms. The van der Waals surface area contributed by atoms with Crippen molar-refractivity contribution < 1.29 is 19.0 Å². The summed E-state index contributed by atoms with van der Waals surface area (Å²) in [5, 5.41) is 3.22. The van der Waals surface area contributed by atoms with Gasteiger partial charge in [-0.2, -0.15) is 0 Å². The summed E-state index contributed by atoms with van der Waals surface area (Å²) in [6.07, 6.45) is 4.62. The molecule has 0 aliphatic carbocycles. The second kappa shape index (κ2) is 8.80. The molecule has 0 saturated heterocycles. The Balaban J connectivity index is 1.28. The van der Waals surface area contributed by atoms with Crippen molar-refractivity contribution in [3.8, 4) is 17.2 Å². The minimum atomic E-state index is -0.306. The number of aromatic nitrogens is 2. The average molecular weight is 450 g/mol. The highest BCUT2D eigenvalue weighted by Gasteiger charge is 2.18. The van der Waals surface area contributed by atoms with E-state index in [0.717, 1.165) is 17.8 Å². The van der Waals surface area contributed by atoms with E-state index in [-0.39, 0.29) is 5.91 Å². The smallest absolute Gasteiger partial charge is 0.255 e. The third-order valence-corrected chi connectivity index (χ3v) is 5.24. The summed E-state index contributed by atoms with van der Waals surface area (Å²) in [6, 6.07) is 16.2. The van der Waals surface area contributed by atoms with Crippen molar-refractivity contribution in [3.05, 3.63) is 83.3 Å². The molecule has 0 atom stereocenters. The number of nitrogens with one attached hydrogen (secondary N) is 1. The number of carbonyl (C=O) groups excluding carboxylic acids is 1. The molecule has 1 aliphatic heterocycles. The summed E-state index contributed by atoms with van der Waals surface area (Å²) in [5.74, 6) is 1.27. The fraction of sp³-hybridized carbons (Fsp3) is 0.167. The number of imidazole rings is 1. The van der Waals surface area contributed by atoms with Crippen molar-refractivity contribution in [2.45, 2.75) is 13.0 Å². The monoisotopic (exact) mass is 449 g/mol. The first-order valence-corrected chi connectivity index (χ1v) is 10.6. The fourth-order valence-electron chi connectivity index (χ4n) is 3.44. The van der Waals surface area contributed by atoms with Gasteiger partial charge in [-0.15, -0.1) is 0 Å². The molecule has 3 heterocycles. The lowest BCUT2D eigenvalue weighted by molar-refractivity contribution is 0.102. The summed E-state index contributed by atoms with van der Waals surface area (Å²) in [6.45, 7) is 1.36. The third kappa shape index (κ3) is 4.33. The van der Waals surface area contributed by atoms with Crippen molar-refractivity contribution in [3.63, 3.8) is 0 Å². The highest BCUT2D eigenvalue weighted by molar-refractivity contribution is 6.32. The topological polar surface area (TPSA) is 74.1 Å². The summed E-state index contributed by atoms with van der Waals surface area (Å²) in [7, 11) is 0. The maximum absolute atomic E-state index is 12.8. The van der Waals surface area contributed by atoms with Gasteiger partial charge in [0.05, 0.1) is 23.9 Å². The lowest BCUT2D eigenvalue weighted by Gasteiger charge is -2.12. The first kappa shape index (κ1) is 20.2. The molecular formula is C24H20ClN3O4. The molecular weight excluding hydrogens is 430 g/mol. The Kier molecular flexibility index (Phi) is 5.56. The van der Waals surface area contributed by atoms with Crippen molar-refractivity contribution in [1.29, 1.82) is 0 Å². The van der Waals surface area contributed by atoms with Gasteiger partial charge < -0.3 is 23.9 Å². The van der Waals surface area contributed by atoms with E-state index in [1.165, 1.54) is 0 Å². The van der Waals surface area contributed by atoms with Crippen LogP contribution in [0.2, 0.25) is 5.02 Å². The number of nitrogens with zero attached hydrogens (tertiary/aromatic N) is 2. The van der Waals surface area contributed by atoms with Crippen molar-refractivity contribution in [2.75, 3.05) is 18.5 Å². The number of anilines is 1. The Bertz CT molecular complexity index is 1250. The zero-order chi connectivity index (χ0) is 21.9. The fourth-order valence-corrected chi connectivity index (χ4v) is 3.71.